The van der Waals surface area contributed by atoms with E-state index in [-0.39, 0.29) is 6.10 Å². The first-order valence-corrected chi connectivity index (χ1v) is 6.02. The van der Waals surface area contributed by atoms with Gasteiger partial charge in [-0.1, -0.05) is 18.2 Å². The molecule has 16 heavy (non-hydrogen) atoms. The number of para-hydroxylation sites is 1. The number of anilines is 1. The number of piperidine rings is 1. The van der Waals surface area contributed by atoms with Gasteiger partial charge >= 0.3 is 0 Å². The van der Waals surface area contributed by atoms with Gasteiger partial charge in [0.25, 0.3) is 0 Å². The van der Waals surface area contributed by atoms with Crippen LogP contribution >= 0.6 is 0 Å². The highest BCUT2D eigenvalue weighted by Crippen LogP contribution is 2.24. The lowest BCUT2D eigenvalue weighted by Crippen LogP contribution is -2.36. The zero-order valence-electron chi connectivity index (χ0n) is 9.60. The van der Waals surface area contributed by atoms with Gasteiger partial charge in [-0.25, -0.2) is 0 Å². The molecule has 0 spiro atoms. The summed E-state index contributed by atoms with van der Waals surface area (Å²) in [5.41, 5.74) is 8.23. The largest absolute Gasteiger partial charge is 0.393 e. The summed E-state index contributed by atoms with van der Waals surface area (Å²) >= 11 is 0. The summed E-state index contributed by atoms with van der Waals surface area (Å²) in [4.78, 5) is 2.36. The molecule has 88 valence electrons. The van der Waals surface area contributed by atoms with Crippen LogP contribution in [0.4, 0.5) is 5.69 Å². The number of hydrogen-bond donors (Lipinski definition) is 2. The predicted octanol–water partition coefficient (Wildman–Crippen LogP) is 1.15. The zero-order valence-corrected chi connectivity index (χ0v) is 9.60. The maximum absolute atomic E-state index is 9.50. The number of aliphatic hydroxyl groups excluding tert-OH is 1. The van der Waals surface area contributed by atoms with Gasteiger partial charge in [-0.05, 0) is 37.4 Å². The van der Waals surface area contributed by atoms with Gasteiger partial charge in [0.1, 0.15) is 0 Å². The van der Waals surface area contributed by atoms with E-state index in [1.165, 1.54) is 11.3 Å². The molecule has 0 unspecified atom stereocenters. The maximum atomic E-state index is 9.50. The van der Waals surface area contributed by atoms with E-state index in [1.807, 2.05) is 0 Å². The van der Waals surface area contributed by atoms with E-state index in [4.69, 9.17) is 5.73 Å². The second-order valence-electron chi connectivity index (χ2n) is 4.39. The van der Waals surface area contributed by atoms with Crippen LogP contribution < -0.4 is 10.6 Å². The van der Waals surface area contributed by atoms with Crippen molar-refractivity contribution < 1.29 is 5.11 Å². The predicted molar refractivity (Wildman–Crippen MR) is 66.7 cm³/mol. The molecule has 0 radical (unpaired) electrons. The van der Waals surface area contributed by atoms with Crippen LogP contribution in [0.1, 0.15) is 18.4 Å². The van der Waals surface area contributed by atoms with E-state index < -0.39 is 0 Å². The molecule has 0 amide bonds. The molecule has 3 nitrogen and oxygen atoms in total. The number of hydrogen-bond acceptors (Lipinski definition) is 3. The van der Waals surface area contributed by atoms with E-state index in [0.29, 0.717) is 6.54 Å². The Hall–Kier alpha value is -1.06. The average molecular weight is 220 g/mol. The van der Waals surface area contributed by atoms with E-state index in [2.05, 4.69) is 29.2 Å². The van der Waals surface area contributed by atoms with E-state index in [0.717, 1.165) is 32.4 Å². The molecule has 3 heteroatoms. The van der Waals surface area contributed by atoms with Gasteiger partial charge in [0.2, 0.25) is 0 Å². The van der Waals surface area contributed by atoms with Crippen LogP contribution in [0.25, 0.3) is 0 Å². The lowest BCUT2D eigenvalue weighted by Gasteiger charge is -2.32. The zero-order chi connectivity index (χ0) is 11.4. The first kappa shape index (κ1) is 11.4. The smallest absolute Gasteiger partial charge is 0.0574 e. The average Bonchev–Trinajstić information content (AvgIpc) is 2.32. The fourth-order valence-corrected chi connectivity index (χ4v) is 2.29. The molecule has 1 saturated heterocycles. The number of nitrogens with two attached hydrogens (primary N) is 1. The monoisotopic (exact) mass is 220 g/mol. The van der Waals surface area contributed by atoms with Crippen LogP contribution in [-0.4, -0.2) is 30.8 Å². The van der Waals surface area contributed by atoms with Gasteiger partial charge in [-0.15, -0.1) is 0 Å². The normalized spacial score (nSPS) is 17.8. The summed E-state index contributed by atoms with van der Waals surface area (Å²) in [7, 11) is 0. The Morgan fingerprint density at radius 3 is 2.62 bits per heavy atom. The second kappa shape index (κ2) is 5.32. The minimum absolute atomic E-state index is 0.113. The molecule has 0 aliphatic carbocycles. The molecule has 1 aromatic rings. The van der Waals surface area contributed by atoms with Crippen LogP contribution in [0.15, 0.2) is 24.3 Å². The van der Waals surface area contributed by atoms with Crippen molar-refractivity contribution in [2.45, 2.75) is 25.4 Å². The van der Waals surface area contributed by atoms with Crippen molar-refractivity contribution >= 4 is 5.69 Å². The van der Waals surface area contributed by atoms with Crippen LogP contribution in [0.3, 0.4) is 0 Å². The third-order valence-corrected chi connectivity index (χ3v) is 3.21. The number of nitrogens with zero attached hydrogens (tertiary/aromatic N) is 1. The summed E-state index contributed by atoms with van der Waals surface area (Å²) in [5, 5.41) is 9.50. The van der Waals surface area contributed by atoms with Crippen molar-refractivity contribution in [1.29, 1.82) is 0 Å². The van der Waals surface area contributed by atoms with Crippen molar-refractivity contribution in [2.24, 2.45) is 5.73 Å². The van der Waals surface area contributed by atoms with Gasteiger partial charge < -0.3 is 15.7 Å². The maximum Gasteiger partial charge on any atom is 0.0574 e. The topological polar surface area (TPSA) is 49.5 Å². The van der Waals surface area contributed by atoms with Crippen molar-refractivity contribution in [3.8, 4) is 0 Å². The second-order valence-corrected chi connectivity index (χ2v) is 4.39. The molecule has 1 aliphatic heterocycles. The third-order valence-electron chi connectivity index (χ3n) is 3.21. The fourth-order valence-electron chi connectivity index (χ4n) is 2.29. The Morgan fingerprint density at radius 1 is 1.25 bits per heavy atom. The fraction of sp³-hybridized carbons (Fsp3) is 0.538. The Labute approximate surface area is 96.9 Å². The molecule has 1 aromatic carbocycles. The van der Waals surface area contributed by atoms with Gasteiger partial charge in [0, 0.05) is 18.8 Å². The summed E-state index contributed by atoms with van der Waals surface area (Å²) < 4.78 is 0. The Balaban J connectivity index is 2.13. The standard InChI is InChI=1S/C13H20N2O/c14-8-5-11-3-1-2-4-13(11)15-9-6-12(16)7-10-15/h1-4,12,16H,5-10,14H2. The lowest BCUT2D eigenvalue weighted by atomic mass is 10.0. The molecule has 0 atom stereocenters. The molecular formula is C13H20N2O. The third kappa shape index (κ3) is 2.54. The molecule has 0 bridgehead atoms. The molecule has 2 rings (SSSR count). The number of benzene rings is 1. The van der Waals surface area contributed by atoms with E-state index in [9.17, 15) is 5.11 Å². The summed E-state index contributed by atoms with van der Waals surface area (Å²) in [6.45, 7) is 2.58. The lowest BCUT2D eigenvalue weighted by molar-refractivity contribution is 0.145. The Bertz CT molecular complexity index is 332. The van der Waals surface area contributed by atoms with E-state index >= 15 is 0 Å². The molecule has 0 saturated carbocycles. The highest BCUT2D eigenvalue weighted by molar-refractivity contribution is 5.54. The molecular weight excluding hydrogens is 200 g/mol. The number of rotatable bonds is 3. The van der Waals surface area contributed by atoms with Crippen molar-refractivity contribution in [1.82, 2.24) is 0 Å². The van der Waals surface area contributed by atoms with Crippen molar-refractivity contribution in [3.05, 3.63) is 29.8 Å². The van der Waals surface area contributed by atoms with Gasteiger partial charge in [-0.2, -0.15) is 0 Å². The molecule has 1 aliphatic rings. The van der Waals surface area contributed by atoms with E-state index in [1.54, 1.807) is 0 Å². The highest BCUT2D eigenvalue weighted by Gasteiger charge is 2.18. The minimum Gasteiger partial charge on any atom is -0.393 e. The summed E-state index contributed by atoms with van der Waals surface area (Å²) in [6.07, 6.45) is 2.56. The van der Waals surface area contributed by atoms with Crippen LogP contribution in [0.2, 0.25) is 0 Å². The van der Waals surface area contributed by atoms with Crippen LogP contribution in [0, 0.1) is 0 Å². The summed E-state index contributed by atoms with van der Waals surface area (Å²) in [6, 6.07) is 8.43. The SMILES string of the molecule is NCCc1ccccc1N1CCC(O)CC1. The Morgan fingerprint density at radius 2 is 1.94 bits per heavy atom. The quantitative estimate of drug-likeness (QED) is 0.803. The molecule has 0 aromatic heterocycles. The molecule has 1 heterocycles. The van der Waals surface area contributed by atoms with Gasteiger partial charge in [0.15, 0.2) is 0 Å². The summed E-state index contributed by atoms with van der Waals surface area (Å²) in [5.74, 6) is 0. The molecule has 3 N–H and O–H groups in total. The highest BCUT2D eigenvalue weighted by atomic mass is 16.3. The first-order chi connectivity index (χ1) is 7.81. The van der Waals surface area contributed by atoms with Crippen molar-refractivity contribution in [3.63, 3.8) is 0 Å². The van der Waals surface area contributed by atoms with Crippen molar-refractivity contribution in [2.75, 3.05) is 24.5 Å². The first-order valence-electron chi connectivity index (χ1n) is 6.02. The van der Waals surface area contributed by atoms with Gasteiger partial charge in [0.05, 0.1) is 6.10 Å². The van der Waals surface area contributed by atoms with Crippen LogP contribution in [-0.2, 0) is 6.42 Å². The number of aliphatic hydroxyl groups is 1. The molecule has 1 fully saturated rings. The Kier molecular flexibility index (Phi) is 3.80. The van der Waals surface area contributed by atoms with Gasteiger partial charge in [-0.3, -0.25) is 0 Å². The minimum atomic E-state index is -0.113. The van der Waals surface area contributed by atoms with Crippen LogP contribution in [0.5, 0.6) is 0 Å².